The SMILES string of the molecule is O=C(O)c1cc(C(=O)O)cc(S(=O)(=O)NC[C@@H](c2ccccc2Cl)c2c[nH]c3ccccc23)c1. The summed E-state index contributed by atoms with van der Waals surface area (Å²) in [5.41, 5.74) is 1.50. The van der Waals surface area contributed by atoms with E-state index in [1.165, 1.54) is 0 Å². The van der Waals surface area contributed by atoms with Gasteiger partial charge in [0.1, 0.15) is 0 Å². The molecule has 0 saturated heterocycles. The molecule has 10 heteroatoms. The van der Waals surface area contributed by atoms with Crippen molar-refractivity contribution in [3.05, 3.63) is 100 Å². The van der Waals surface area contributed by atoms with Gasteiger partial charge in [0.2, 0.25) is 10.0 Å². The second kappa shape index (κ2) is 9.30. The highest BCUT2D eigenvalue weighted by Crippen LogP contribution is 2.34. The summed E-state index contributed by atoms with van der Waals surface area (Å²) in [5, 5.41) is 19.9. The first-order chi connectivity index (χ1) is 16.2. The molecule has 0 spiro atoms. The number of halogens is 1. The van der Waals surface area contributed by atoms with Crippen molar-refractivity contribution >= 4 is 44.5 Å². The van der Waals surface area contributed by atoms with Crippen molar-refractivity contribution in [3.63, 3.8) is 0 Å². The monoisotopic (exact) mass is 498 g/mol. The maximum atomic E-state index is 13.1. The number of aromatic amines is 1. The minimum Gasteiger partial charge on any atom is -0.478 e. The van der Waals surface area contributed by atoms with Gasteiger partial charge in [0.15, 0.2) is 0 Å². The lowest BCUT2D eigenvalue weighted by atomic mass is 9.91. The van der Waals surface area contributed by atoms with E-state index in [1.807, 2.05) is 24.3 Å². The van der Waals surface area contributed by atoms with E-state index in [2.05, 4.69) is 9.71 Å². The third-order valence-electron chi connectivity index (χ3n) is 5.47. The molecule has 34 heavy (non-hydrogen) atoms. The molecule has 0 bridgehead atoms. The van der Waals surface area contributed by atoms with Gasteiger partial charge in [-0.15, -0.1) is 0 Å². The third kappa shape index (κ3) is 4.67. The van der Waals surface area contributed by atoms with Crippen molar-refractivity contribution in [2.75, 3.05) is 6.54 Å². The summed E-state index contributed by atoms with van der Waals surface area (Å²) in [7, 11) is -4.26. The minimum atomic E-state index is -4.26. The van der Waals surface area contributed by atoms with Crippen molar-refractivity contribution in [1.29, 1.82) is 0 Å². The van der Waals surface area contributed by atoms with Crippen LogP contribution < -0.4 is 4.72 Å². The molecule has 0 fully saturated rings. The Kier molecular flexibility index (Phi) is 6.43. The number of H-pyrrole nitrogens is 1. The lowest BCUT2D eigenvalue weighted by Gasteiger charge is -2.19. The summed E-state index contributed by atoms with van der Waals surface area (Å²) in [6, 6.07) is 17.4. The van der Waals surface area contributed by atoms with Crippen molar-refractivity contribution in [1.82, 2.24) is 9.71 Å². The van der Waals surface area contributed by atoms with E-state index >= 15 is 0 Å². The Morgan fingerprint density at radius 2 is 1.53 bits per heavy atom. The summed E-state index contributed by atoms with van der Waals surface area (Å²) in [4.78, 5) is 25.5. The van der Waals surface area contributed by atoms with Crippen molar-refractivity contribution in [3.8, 4) is 0 Å². The maximum Gasteiger partial charge on any atom is 0.335 e. The van der Waals surface area contributed by atoms with Crippen LogP contribution in [0.1, 0.15) is 37.8 Å². The normalized spacial score (nSPS) is 12.5. The number of nitrogens with one attached hydrogen (secondary N) is 2. The molecule has 0 aliphatic carbocycles. The van der Waals surface area contributed by atoms with Gasteiger partial charge in [0.05, 0.1) is 16.0 Å². The van der Waals surface area contributed by atoms with Crippen LogP contribution in [0, 0.1) is 0 Å². The molecule has 1 heterocycles. The number of aromatic carboxylic acids is 2. The highest BCUT2D eigenvalue weighted by atomic mass is 35.5. The van der Waals surface area contributed by atoms with Gasteiger partial charge in [-0.3, -0.25) is 0 Å². The highest BCUT2D eigenvalue weighted by molar-refractivity contribution is 7.89. The molecule has 4 aromatic rings. The number of aromatic nitrogens is 1. The Bertz CT molecular complexity index is 1480. The maximum absolute atomic E-state index is 13.1. The predicted molar refractivity (Wildman–Crippen MR) is 127 cm³/mol. The van der Waals surface area contributed by atoms with Crippen LogP contribution >= 0.6 is 11.6 Å². The zero-order valence-electron chi connectivity index (χ0n) is 17.5. The van der Waals surface area contributed by atoms with Gasteiger partial charge in [-0.05, 0) is 41.5 Å². The number of fused-ring (bicyclic) bond motifs is 1. The van der Waals surface area contributed by atoms with Gasteiger partial charge < -0.3 is 15.2 Å². The van der Waals surface area contributed by atoms with Crippen LogP contribution in [0.4, 0.5) is 0 Å². The number of carbonyl (C=O) groups is 2. The van der Waals surface area contributed by atoms with Crippen LogP contribution in [-0.4, -0.2) is 42.1 Å². The first kappa shape index (κ1) is 23.5. The number of hydrogen-bond donors (Lipinski definition) is 4. The Hall–Kier alpha value is -3.66. The number of sulfonamides is 1. The fourth-order valence-electron chi connectivity index (χ4n) is 3.80. The molecule has 1 aromatic heterocycles. The molecule has 4 N–H and O–H groups in total. The van der Waals surface area contributed by atoms with Crippen LogP contribution in [0.5, 0.6) is 0 Å². The van der Waals surface area contributed by atoms with E-state index in [4.69, 9.17) is 11.6 Å². The van der Waals surface area contributed by atoms with Crippen molar-refractivity contribution in [2.24, 2.45) is 0 Å². The van der Waals surface area contributed by atoms with Gasteiger partial charge in [0, 0.05) is 34.6 Å². The number of carboxylic acid groups (broad SMARTS) is 2. The zero-order chi connectivity index (χ0) is 24.5. The molecule has 0 unspecified atom stereocenters. The summed E-state index contributed by atoms with van der Waals surface area (Å²) in [6.45, 7) is -0.104. The topological polar surface area (TPSA) is 137 Å². The summed E-state index contributed by atoms with van der Waals surface area (Å²) in [5.74, 6) is -3.36. The molecular weight excluding hydrogens is 480 g/mol. The largest absolute Gasteiger partial charge is 0.478 e. The minimum absolute atomic E-state index is 0.104. The standard InChI is InChI=1S/C24H19ClN2O6S/c25-21-7-3-1-5-17(21)20(19-12-26-22-8-4-2-6-18(19)22)13-27-34(32,33)16-10-14(23(28)29)9-15(11-16)24(30)31/h1-12,20,26-27H,13H2,(H,28,29)(H,30,31)/t20-/m0/s1. The number of hydrogen-bond acceptors (Lipinski definition) is 4. The van der Waals surface area contributed by atoms with Crippen molar-refractivity contribution < 1.29 is 28.2 Å². The van der Waals surface area contributed by atoms with Gasteiger partial charge in [-0.25, -0.2) is 22.7 Å². The average molecular weight is 499 g/mol. The molecule has 0 radical (unpaired) electrons. The molecular formula is C24H19ClN2O6S. The van der Waals surface area contributed by atoms with Crippen LogP contribution in [0.3, 0.4) is 0 Å². The lowest BCUT2D eigenvalue weighted by molar-refractivity contribution is 0.0696. The molecule has 8 nitrogen and oxygen atoms in total. The van der Waals surface area contributed by atoms with E-state index in [1.54, 1.807) is 30.5 Å². The molecule has 0 saturated carbocycles. The number of benzene rings is 3. The molecule has 174 valence electrons. The molecule has 0 amide bonds. The molecule has 0 aliphatic rings. The number of para-hydroxylation sites is 1. The van der Waals surface area contributed by atoms with E-state index < -0.39 is 43.9 Å². The second-order valence-corrected chi connectivity index (χ2v) is 9.75. The molecule has 3 aromatic carbocycles. The summed E-state index contributed by atoms with van der Waals surface area (Å²) in [6.07, 6.45) is 1.79. The second-order valence-electron chi connectivity index (χ2n) is 7.57. The lowest BCUT2D eigenvalue weighted by Crippen LogP contribution is -2.29. The van der Waals surface area contributed by atoms with Crippen molar-refractivity contribution in [2.45, 2.75) is 10.8 Å². The first-order valence-corrected chi connectivity index (χ1v) is 12.0. The molecule has 1 atom stereocenters. The summed E-state index contributed by atoms with van der Waals surface area (Å²) >= 11 is 6.45. The van der Waals surface area contributed by atoms with Gasteiger partial charge in [-0.2, -0.15) is 0 Å². The van der Waals surface area contributed by atoms with Crippen LogP contribution in [-0.2, 0) is 10.0 Å². The Morgan fingerprint density at radius 1 is 0.912 bits per heavy atom. The van der Waals surface area contributed by atoms with Crippen LogP contribution in [0.25, 0.3) is 10.9 Å². The van der Waals surface area contributed by atoms with Gasteiger partial charge in [-0.1, -0.05) is 48.0 Å². The number of carboxylic acids is 2. The van der Waals surface area contributed by atoms with Gasteiger partial charge >= 0.3 is 11.9 Å². The van der Waals surface area contributed by atoms with Crippen LogP contribution in [0.15, 0.2) is 77.8 Å². The first-order valence-electron chi connectivity index (χ1n) is 10.1. The van der Waals surface area contributed by atoms with E-state index in [9.17, 15) is 28.2 Å². The third-order valence-corrected chi connectivity index (χ3v) is 7.21. The Balaban J connectivity index is 1.74. The zero-order valence-corrected chi connectivity index (χ0v) is 19.1. The highest BCUT2D eigenvalue weighted by Gasteiger charge is 2.25. The predicted octanol–water partition coefficient (Wildman–Crippen LogP) is 4.33. The Labute approximate surface area is 199 Å². The van der Waals surface area contributed by atoms with E-state index in [0.29, 0.717) is 10.6 Å². The Morgan fingerprint density at radius 3 is 2.18 bits per heavy atom. The fourth-order valence-corrected chi connectivity index (χ4v) is 5.19. The van der Waals surface area contributed by atoms with Crippen LogP contribution in [0.2, 0.25) is 5.02 Å². The molecule has 4 rings (SSSR count). The van der Waals surface area contributed by atoms with E-state index in [0.717, 1.165) is 34.7 Å². The quantitative estimate of drug-likeness (QED) is 0.285. The average Bonchev–Trinajstić information content (AvgIpc) is 3.24. The molecule has 0 aliphatic heterocycles. The smallest absolute Gasteiger partial charge is 0.335 e. The number of rotatable bonds is 8. The summed E-state index contributed by atoms with van der Waals surface area (Å²) < 4.78 is 28.7. The van der Waals surface area contributed by atoms with Gasteiger partial charge in [0.25, 0.3) is 0 Å². The van der Waals surface area contributed by atoms with E-state index in [-0.39, 0.29) is 6.54 Å². The fraction of sp³-hybridized carbons (Fsp3) is 0.0833.